The average Bonchev–Trinajstić information content (AvgIpc) is 3.38. The van der Waals surface area contributed by atoms with Gasteiger partial charge in [-0.05, 0) is 66.5 Å². The number of hydrogen-bond acceptors (Lipinski definition) is 4. The van der Waals surface area contributed by atoms with Gasteiger partial charge in [0.2, 0.25) is 0 Å². The highest BCUT2D eigenvalue weighted by Crippen LogP contribution is 2.29. The molecular weight excluding hydrogens is 477 g/mol. The topological polar surface area (TPSA) is 74.6 Å². The number of allylic oxidation sites excluding steroid dienone is 1. The lowest BCUT2D eigenvalue weighted by Crippen LogP contribution is -2.53. The van der Waals surface area contributed by atoms with Crippen molar-refractivity contribution in [2.24, 2.45) is 4.99 Å². The minimum Gasteiger partial charge on any atom is -0.388 e. The lowest BCUT2D eigenvalue weighted by atomic mass is 9.85. The van der Waals surface area contributed by atoms with E-state index in [0.29, 0.717) is 47.7 Å². The molecule has 5 nitrogen and oxygen atoms in total. The van der Waals surface area contributed by atoms with Gasteiger partial charge in [-0.15, -0.1) is 0 Å². The summed E-state index contributed by atoms with van der Waals surface area (Å²) < 4.78 is 13.4. The molecule has 0 spiro atoms. The number of carbonyl (C=O) groups excluding carboxylic acids is 1. The molecule has 1 amide bonds. The van der Waals surface area contributed by atoms with Crippen molar-refractivity contribution in [2.45, 2.75) is 44.8 Å². The Morgan fingerprint density at radius 1 is 1.11 bits per heavy atom. The number of hydrogen-bond donors (Lipinski definition) is 2. The number of aromatic nitrogens is 1. The molecule has 0 fully saturated rings. The number of aliphatic imine (C=N–C) groups is 1. The van der Waals surface area contributed by atoms with Crippen LogP contribution in [0, 0.1) is 5.82 Å². The second-order valence-electron chi connectivity index (χ2n) is 8.90. The summed E-state index contributed by atoms with van der Waals surface area (Å²) in [6.45, 7) is 4.21. The lowest BCUT2D eigenvalue weighted by Gasteiger charge is -2.35. The van der Waals surface area contributed by atoms with Crippen molar-refractivity contribution >= 4 is 28.8 Å². The van der Waals surface area contributed by atoms with E-state index in [4.69, 9.17) is 11.6 Å². The summed E-state index contributed by atoms with van der Waals surface area (Å²) in [5.74, 6) is -0.650. The Morgan fingerprint density at radius 2 is 1.86 bits per heavy atom. The molecule has 186 valence electrons. The van der Waals surface area contributed by atoms with Crippen LogP contribution in [0.5, 0.6) is 0 Å². The molecule has 1 aliphatic heterocycles. The zero-order chi connectivity index (χ0) is 25.7. The highest BCUT2D eigenvalue weighted by Gasteiger charge is 2.35. The predicted molar refractivity (Wildman–Crippen MR) is 142 cm³/mol. The van der Waals surface area contributed by atoms with Crippen molar-refractivity contribution in [2.75, 3.05) is 6.54 Å². The molecular formula is C29H29ClFN3O2. The second kappa shape index (κ2) is 11.1. The van der Waals surface area contributed by atoms with Gasteiger partial charge in [0.1, 0.15) is 5.82 Å². The maximum atomic E-state index is 13.6. The molecule has 0 saturated carbocycles. The van der Waals surface area contributed by atoms with Gasteiger partial charge in [-0.2, -0.15) is 0 Å². The van der Waals surface area contributed by atoms with Crippen LogP contribution in [-0.4, -0.2) is 39.9 Å². The van der Waals surface area contributed by atoms with Crippen molar-refractivity contribution < 1.29 is 14.3 Å². The molecule has 4 rings (SSSR count). The summed E-state index contributed by atoms with van der Waals surface area (Å²) in [5, 5.41) is 14.8. The first kappa shape index (κ1) is 25.7. The van der Waals surface area contributed by atoms with E-state index in [1.807, 2.05) is 38.1 Å². The number of nitrogens with one attached hydrogen (secondary N) is 1. The first-order valence-electron chi connectivity index (χ1n) is 12.1. The summed E-state index contributed by atoms with van der Waals surface area (Å²) in [4.78, 5) is 22.6. The number of aliphatic hydroxyl groups is 1. The van der Waals surface area contributed by atoms with E-state index in [2.05, 4.69) is 15.3 Å². The number of amides is 1. The number of pyridine rings is 1. The summed E-state index contributed by atoms with van der Waals surface area (Å²) in [7, 11) is 0. The van der Waals surface area contributed by atoms with E-state index >= 15 is 0 Å². The largest absolute Gasteiger partial charge is 0.388 e. The van der Waals surface area contributed by atoms with Crippen LogP contribution in [0.15, 0.2) is 77.9 Å². The minimum atomic E-state index is -1.10. The van der Waals surface area contributed by atoms with Crippen LogP contribution in [0.1, 0.15) is 53.9 Å². The molecule has 36 heavy (non-hydrogen) atoms. The van der Waals surface area contributed by atoms with Crippen LogP contribution < -0.4 is 5.32 Å². The zero-order valence-electron chi connectivity index (χ0n) is 20.3. The highest BCUT2D eigenvalue weighted by atomic mass is 35.5. The van der Waals surface area contributed by atoms with Gasteiger partial charge >= 0.3 is 0 Å². The van der Waals surface area contributed by atoms with Crippen LogP contribution in [-0.2, 0) is 6.42 Å². The molecule has 1 aliphatic rings. The van der Waals surface area contributed by atoms with E-state index in [1.54, 1.807) is 36.5 Å². The first-order valence-corrected chi connectivity index (χ1v) is 12.5. The van der Waals surface area contributed by atoms with E-state index in [-0.39, 0.29) is 11.7 Å². The second-order valence-corrected chi connectivity index (χ2v) is 9.31. The Balaban J connectivity index is 1.65. The van der Waals surface area contributed by atoms with Crippen LogP contribution >= 0.6 is 11.6 Å². The van der Waals surface area contributed by atoms with Crippen molar-refractivity contribution in [1.82, 2.24) is 10.3 Å². The van der Waals surface area contributed by atoms with Gasteiger partial charge in [0.25, 0.3) is 5.91 Å². The third-order valence-electron chi connectivity index (χ3n) is 6.78. The number of nitrogens with zero attached hydrogens (tertiary/aromatic N) is 2. The fourth-order valence-corrected chi connectivity index (χ4v) is 4.74. The van der Waals surface area contributed by atoms with Gasteiger partial charge in [0.05, 0.1) is 34.5 Å². The van der Waals surface area contributed by atoms with Crippen molar-refractivity contribution in [1.29, 1.82) is 0 Å². The Morgan fingerprint density at radius 3 is 2.53 bits per heavy atom. The maximum absolute atomic E-state index is 13.6. The zero-order valence-corrected chi connectivity index (χ0v) is 21.1. The predicted octanol–water partition coefficient (Wildman–Crippen LogP) is 5.65. The van der Waals surface area contributed by atoms with Gasteiger partial charge in [-0.1, -0.05) is 49.7 Å². The summed E-state index contributed by atoms with van der Waals surface area (Å²) >= 11 is 6.58. The molecule has 7 heteroatoms. The molecule has 2 N–H and O–H groups in total. The van der Waals surface area contributed by atoms with Gasteiger partial charge in [-0.3, -0.25) is 14.8 Å². The third kappa shape index (κ3) is 5.55. The maximum Gasteiger partial charge on any atom is 0.252 e. The molecule has 2 heterocycles. The third-order valence-corrected chi connectivity index (χ3v) is 7.09. The molecule has 0 unspecified atom stereocenters. The van der Waals surface area contributed by atoms with Gasteiger partial charge in [-0.25, -0.2) is 4.39 Å². The van der Waals surface area contributed by atoms with Gasteiger partial charge < -0.3 is 10.4 Å². The van der Waals surface area contributed by atoms with E-state index in [0.717, 1.165) is 16.8 Å². The van der Waals surface area contributed by atoms with Crippen molar-refractivity contribution in [3.63, 3.8) is 0 Å². The minimum absolute atomic E-state index is 0.303. The summed E-state index contributed by atoms with van der Waals surface area (Å²) in [6, 6.07) is 16.4. The van der Waals surface area contributed by atoms with Gasteiger partial charge in [0, 0.05) is 23.9 Å². The quantitative estimate of drug-likeness (QED) is 0.394. The van der Waals surface area contributed by atoms with Gasteiger partial charge in [0.15, 0.2) is 0 Å². The van der Waals surface area contributed by atoms with Crippen molar-refractivity contribution in [3.05, 3.63) is 106 Å². The van der Waals surface area contributed by atoms with E-state index in [1.165, 1.54) is 12.1 Å². The Labute approximate surface area is 215 Å². The standard InChI is InChI=1S/C29H29ClFN3O2/c1-3-29(36,4-2)26(17-22-8-5-6-15-32-22)34-28(35)23-9-7-10-24(30)27(23)25-16-20(18-33-25)19-11-13-21(31)14-12-19/h5-16,26,36H,3-4,17-18H2,1-2H3,(H,34,35)/t26-/m1/s1. The van der Waals surface area contributed by atoms with Crippen LogP contribution in [0.25, 0.3) is 5.57 Å². The molecule has 0 saturated heterocycles. The summed E-state index contributed by atoms with van der Waals surface area (Å²) in [6.07, 6.45) is 4.91. The van der Waals surface area contributed by atoms with Crippen molar-refractivity contribution in [3.8, 4) is 0 Å². The molecule has 0 aliphatic carbocycles. The Kier molecular flexibility index (Phi) is 7.97. The fourth-order valence-electron chi connectivity index (χ4n) is 4.47. The number of carbonyl (C=O) groups is 1. The smallest absolute Gasteiger partial charge is 0.252 e. The normalized spacial score (nSPS) is 14.2. The number of halogens is 2. The monoisotopic (exact) mass is 505 g/mol. The molecule has 1 aromatic heterocycles. The molecule has 0 radical (unpaired) electrons. The lowest BCUT2D eigenvalue weighted by molar-refractivity contribution is -0.00518. The number of rotatable bonds is 9. The Bertz CT molecular complexity index is 1290. The van der Waals surface area contributed by atoms with Crippen LogP contribution in [0.4, 0.5) is 4.39 Å². The van der Waals surface area contributed by atoms with Crippen LogP contribution in [0.3, 0.4) is 0 Å². The molecule has 0 bridgehead atoms. The number of benzene rings is 2. The molecule has 2 aromatic carbocycles. The summed E-state index contributed by atoms with van der Waals surface area (Å²) in [5.41, 5.74) is 2.94. The average molecular weight is 506 g/mol. The molecule has 1 atom stereocenters. The fraction of sp³-hybridized carbons (Fsp3) is 0.276. The SMILES string of the molecule is CCC(O)(CC)[C@@H](Cc1ccccn1)NC(=O)c1cccc(Cl)c1C1=NCC(c2ccc(F)cc2)=C1. The van der Waals surface area contributed by atoms with E-state index in [9.17, 15) is 14.3 Å². The highest BCUT2D eigenvalue weighted by molar-refractivity contribution is 6.37. The molecule has 3 aromatic rings. The Hall–Kier alpha value is -3.35. The van der Waals surface area contributed by atoms with E-state index < -0.39 is 11.6 Å². The first-order chi connectivity index (χ1) is 17.3. The van der Waals surface area contributed by atoms with Crippen LogP contribution in [0.2, 0.25) is 5.02 Å².